The van der Waals surface area contributed by atoms with Gasteiger partial charge in [-0.2, -0.15) is 0 Å². The van der Waals surface area contributed by atoms with Crippen LogP contribution >= 0.6 is 0 Å². The molecule has 0 heterocycles. The first-order chi connectivity index (χ1) is 4.21. The summed E-state index contributed by atoms with van der Waals surface area (Å²) in [6.45, 7) is 14.3. The Morgan fingerprint density at radius 2 is 0.800 bits per heavy atom. The topological polar surface area (TPSA) is 0 Å². The van der Waals surface area contributed by atoms with Gasteiger partial charge in [-0.15, -0.1) is 11.4 Å². The number of rotatable bonds is 2. The first-order valence-electron chi connectivity index (χ1n) is 3.91. The van der Waals surface area contributed by atoms with Crippen LogP contribution in [0.4, 0.5) is 0 Å². The summed E-state index contributed by atoms with van der Waals surface area (Å²) in [6, 6.07) is 0. The Labute approximate surface area is 67.4 Å². The molecule has 0 aliphatic heterocycles. The summed E-state index contributed by atoms with van der Waals surface area (Å²) < 4.78 is 0. The van der Waals surface area contributed by atoms with Gasteiger partial charge in [0, 0.05) is 0 Å². The molecule has 10 heavy (non-hydrogen) atoms. The Balaban J connectivity index is 4.01. The zero-order chi connectivity index (χ0) is 8.41. The Bertz CT molecular complexity index is 107. The van der Waals surface area contributed by atoms with Crippen LogP contribution in [0, 0.1) is 0 Å². The van der Waals surface area contributed by atoms with E-state index in [1.807, 2.05) is 0 Å². The van der Waals surface area contributed by atoms with Gasteiger partial charge in [0.25, 0.3) is 0 Å². The molecule has 0 N–H and O–H groups in total. The van der Waals surface area contributed by atoms with Crippen LogP contribution in [-0.2, 0) is 0 Å². The Morgan fingerprint density at radius 3 is 0.900 bits per heavy atom. The van der Waals surface area contributed by atoms with Gasteiger partial charge in [0.05, 0.1) is 16.1 Å². The molecule has 0 aromatic rings. The van der Waals surface area contributed by atoms with Crippen LogP contribution in [0.2, 0.25) is 39.3 Å². The molecule has 0 spiro atoms. The quantitative estimate of drug-likeness (QED) is 0.561. The molecule has 2 heteroatoms. The minimum absolute atomic E-state index is 0.913. The molecule has 0 amide bonds. The standard InChI is InChI=1S/C8H20Si2/c1-9(2,3)7-8-10(4,5)6/h7-8H,1-6H3/b8-7-. The minimum Gasteiger partial charge on any atom is -0.103 e. The first kappa shape index (κ1) is 10.2. The molecule has 0 saturated heterocycles. The average Bonchev–Trinajstić information content (AvgIpc) is 1.57. The summed E-state index contributed by atoms with van der Waals surface area (Å²) in [7, 11) is -1.83. The van der Waals surface area contributed by atoms with Crippen molar-refractivity contribution in [3.8, 4) is 0 Å². The monoisotopic (exact) mass is 172 g/mol. The van der Waals surface area contributed by atoms with Crippen LogP contribution in [-0.4, -0.2) is 16.1 Å². The molecule has 0 aliphatic carbocycles. The molecule has 60 valence electrons. The second kappa shape index (κ2) is 3.05. The van der Waals surface area contributed by atoms with E-state index in [0.29, 0.717) is 0 Å². The maximum absolute atomic E-state index is 2.47. The summed E-state index contributed by atoms with van der Waals surface area (Å²) >= 11 is 0. The summed E-state index contributed by atoms with van der Waals surface area (Å²) in [5.74, 6) is 0. The van der Waals surface area contributed by atoms with Crippen molar-refractivity contribution in [2.75, 3.05) is 0 Å². The van der Waals surface area contributed by atoms with E-state index in [1.54, 1.807) is 0 Å². The third-order valence-corrected chi connectivity index (χ3v) is 3.75. The minimum atomic E-state index is -0.913. The molecular formula is C8H20Si2. The Morgan fingerprint density at radius 1 is 0.600 bits per heavy atom. The van der Waals surface area contributed by atoms with Crippen molar-refractivity contribution < 1.29 is 0 Å². The van der Waals surface area contributed by atoms with Crippen molar-refractivity contribution in [1.29, 1.82) is 0 Å². The zero-order valence-electron chi connectivity index (χ0n) is 8.15. The van der Waals surface area contributed by atoms with Crippen molar-refractivity contribution in [1.82, 2.24) is 0 Å². The van der Waals surface area contributed by atoms with E-state index in [2.05, 4.69) is 50.7 Å². The van der Waals surface area contributed by atoms with Crippen molar-refractivity contribution in [2.45, 2.75) is 39.3 Å². The van der Waals surface area contributed by atoms with E-state index < -0.39 is 16.1 Å². The van der Waals surface area contributed by atoms with Gasteiger partial charge in [-0.1, -0.05) is 39.3 Å². The van der Waals surface area contributed by atoms with Crippen molar-refractivity contribution in [2.24, 2.45) is 0 Å². The van der Waals surface area contributed by atoms with E-state index in [0.717, 1.165) is 0 Å². The average molecular weight is 172 g/mol. The molecule has 0 rings (SSSR count). The second-order valence-electron chi connectivity index (χ2n) is 5.07. The van der Waals surface area contributed by atoms with Crippen LogP contribution in [0.5, 0.6) is 0 Å². The fourth-order valence-electron chi connectivity index (χ4n) is 0.500. The molecule has 0 aromatic carbocycles. The molecule has 0 aromatic heterocycles. The van der Waals surface area contributed by atoms with Crippen molar-refractivity contribution in [3.63, 3.8) is 0 Å². The Kier molecular flexibility index (Phi) is 3.10. The van der Waals surface area contributed by atoms with Crippen molar-refractivity contribution >= 4 is 16.1 Å². The summed E-state index contributed by atoms with van der Waals surface area (Å²) in [6.07, 6.45) is 0. The highest BCUT2D eigenvalue weighted by molar-refractivity contribution is 6.86. The lowest BCUT2D eigenvalue weighted by Gasteiger charge is -2.13. The van der Waals surface area contributed by atoms with Gasteiger partial charge in [-0.05, 0) is 0 Å². The normalized spacial score (nSPS) is 14.6. The van der Waals surface area contributed by atoms with Gasteiger partial charge in [0.2, 0.25) is 0 Å². The number of hydrogen-bond acceptors (Lipinski definition) is 0. The molecule has 0 atom stereocenters. The summed E-state index contributed by atoms with van der Waals surface area (Å²) in [4.78, 5) is 0. The van der Waals surface area contributed by atoms with E-state index in [-0.39, 0.29) is 0 Å². The van der Waals surface area contributed by atoms with Gasteiger partial charge < -0.3 is 0 Å². The van der Waals surface area contributed by atoms with Gasteiger partial charge in [0.15, 0.2) is 0 Å². The predicted octanol–water partition coefficient (Wildman–Crippen LogP) is 3.30. The van der Waals surface area contributed by atoms with Gasteiger partial charge >= 0.3 is 0 Å². The van der Waals surface area contributed by atoms with Crippen LogP contribution in [0.1, 0.15) is 0 Å². The predicted molar refractivity (Wildman–Crippen MR) is 55.8 cm³/mol. The van der Waals surface area contributed by atoms with Gasteiger partial charge in [-0.3, -0.25) is 0 Å². The highest BCUT2D eigenvalue weighted by Gasteiger charge is 2.12. The highest BCUT2D eigenvalue weighted by atomic mass is 28.3. The second-order valence-corrected chi connectivity index (χ2v) is 15.2. The Hall–Kier alpha value is 0.174. The smallest absolute Gasteiger partial charge is 0.0677 e. The lowest BCUT2D eigenvalue weighted by molar-refractivity contribution is 1.73. The van der Waals surface area contributed by atoms with Gasteiger partial charge in [0.1, 0.15) is 0 Å². The van der Waals surface area contributed by atoms with Crippen LogP contribution in [0.3, 0.4) is 0 Å². The van der Waals surface area contributed by atoms with E-state index in [9.17, 15) is 0 Å². The fourth-order valence-corrected chi connectivity index (χ4v) is 4.50. The molecular weight excluding hydrogens is 152 g/mol. The third kappa shape index (κ3) is 8.17. The third-order valence-electron chi connectivity index (χ3n) is 1.08. The fraction of sp³-hybridized carbons (Fsp3) is 0.750. The lowest BCUT2D eigenvalue weighted by atomic mass is 11.2. The van der Waals surface area contributed by atoms with Crippen LogP contribution in [0.15, 0.2) is 11.4 Å². The molecule has 0 radical (unpaired) electrons. The van der Waals surface area contributed by atoms with E-state index >= 15 is 0 Å². The van der Waals surface area contributed by atoms with Crippen molar-refractivity contribution in [3.05, 3.63) is 11.4 Å². The van der Waals surface area contributed by atoms with E-state index in [4.69, 9.17) is 0 Å². The summed E-state index contributed by atoms with van der Waals surface area (Å²) in [5, 5.41) is 0. The van der Waals surface area contributed by atoms with Crippen LogP contribution in [0.25, 0.3) is 0 Å². The molecule has 0 unspecified atom stereocenters. The zero-order valence-corrected chi connectivity index (χ0v) is 10.2. The van der Waals surface area contributed by atoms with E-state index in [1.165, 1.54) is 0 Å². The number of hydrogen-bond donors (Lipinski definition) is 0. The SMILES string of the molecule is C[Si](C)(C)/C=C\[Si](C)(C)C. The molecule has 0 fully saturated rings. The molecule has 0 saturated carbocycles. The summed E-state index contributed by atoms with van der Waals surface area (Å²) in [5.41, 5.74) is 4.94. The molecule has 0 aliphatic rings. The lowest BCUT2D eigenvalue weighted by Crippen LogP contribution is -2.21. The largest absolute Gasteiger partial charge is 0.103 e. The molecule has 0 bridgehead atoms. The van der Waals surface area contributed by atoms with Gasteiger partial charge in [-0.25, -0.2) is 0 Å². The maximum atomic E-state index is 2.47. The highest BCUT2D eigenvalue weighted by Crippen LogP contribution is 2.07. The molecule has 0 nitrogen and oxygen atoms in total. The van der Waals surface area contributed by atoms with Crippen LogP contribution < -0.4 is 0 Å². The first-order valence-corrected chi connectivity index (χ1v) is 11.1. The maximum Gasteiger partial charge on any atom is 0.0677 e.